The SMILES string of the molecule is CCc1nn(C)c(CC)c1CCNC1CC1. The van der Waals surface area contributed by atoms with Crippen molar-refractivity contribution in [3.8, 4) is 0 Å². The van der Waals surface area contributed by atoms with Gasteiger partial charge < -0.3 is 5.32 Å². The lowest BCUT2D eigenvalue weighted by Gasteiger charge is -2.06. The summed E-state index contributed by atoms with van der Waals surface area (Å²) in [7, 11) is 2.07. The van der Waals surface area contributed by atoms with E-state index in [4.69, 9.17) is 0 Å². The summed E-state index contributed by atoms with van der Waals surface area (Å²) in [6, 6.07) is 0.812. The first-order valence-corrected chi connectivity index (χ1v) is 6.53. The van der Waals surface area contributed by atoms with Crippen LogP contribution in [0.15, 0.2) is 0 Å². The number of rotatable bonds is 6. The molecule has 1 aromatic heterocycles. The quantitative estimate of drug-likeness (QED) is 0.794. The first-order chi connectivity index (χ1) is 7.76. The van der Waals surface area contributed by atoms with Crippen LogP contribution in [0.3, 0.4) is 0 Å². The van der Waals surface area contributed by atoms with Crippen LogP contribution in [0.25, 0.3) is 0 Å². The molecule has 0 amide bonds. The predicted octanol–water partition coefficient (Wildman–Crippen LogP) is 1.84. The molecule has 3 nitrogen and oxygen atoms in total. The summed E-state index contributed by atoms with van der Waals surface area (Å²) < 4.78 is 2.06. The first kappa shape index (κ1) is 11.6. The summed E-state index contributed by atoms with van der Waals surface area (Å²) in [4.78, 5) is 0. The molecule has 0 aromatic carbocycles. The van der Waals surface area contributed by atoms with Gasteiger partial charge in [0.2, 0.25) is 0 Å². The molecule has 1 saturated carbocycles. The van der Waals surface area contributed by atoms with E-state index in [0.29, 0.717) is 0 Å². The van der Waals surface area contributed by atoms with Gasteiger partial charge in [-0.15, -0.1) is 0 Å². The lowest BCUT2D eigenvalue weighted by atomic mass is 10.1. The second-order valence-corrected chi connectivity index (χ2v) is 4.68. The van der Waals surface area contributed by atoms with Crippen LogP contribution in [0.1, 0.15) is 43.6 Å². The molecule has 0 aliphatic heterocycles. The van der Waals surface area contributed by atoms with E-state index in [9.17, 15) is 0 Å². The summed E-state index contributed by atoms with van der Waals surface area (Å²) in [5, 5.41) is 8.18. The highest BCUT2D eigenvalue weighted by molar-refractivity contribution is 5.27. The fourth-order valence-electron chi connectivity index (χ4n) is 2.37. The summed E-state index contributed by atoms with van der Waals surface area (Å²) in [5.41, 5.74) is 4.19. The average molecular weight is 221 g/mol. The topological polar surface area (TPSA) is 29.9 Å². The van der Waals surface area contributed by atoms with Crippen molar-refractivity contribution in [1.82, 2.24) is 15.1 Å². The van der Waals surface area contributed by atoms with Crippen molar-refractivity contribution in [2.24, 2.45) is 7.05 Å². The first-order valence-electron chi connectivity index (χ1n) is 6.53. The van der Waals surface area contributed by atoms with Gasteiger partial charge in [-0.2, -0.15) is 5.10 Å². The van der Waals surface area contributed by atoms with Gasteiger partial charge in [0.15, 0.2) is 0 Å². The Balaban J connectivity index is 2.03. The van der Waals surface area contributed by atoms with Crippen LogP contribution < -0.4 is 5.32 Å². The van der Waals surface area contributed by atoms with Crippen LogP contribution in [0, 0.1) is 0 Å². The van der Waals surface area contributed by atoms with Gasteiger partial charge in [-0.05, 0) is 44.2 Å². The van der Waals surface area contributed by atoms with Crippen molar-refractivity contribution in [2.75, 3.05) is 6.54 Å². The third-order valence-electron chi connectivity index (χ3n) is 3.41. The summed E-state index contributed by atoms with van der Waals surface area (Å²) in [6.07, 6.45) is 6.01. The maximum atomic E-state index is 4.60. The van der Waals surface area contributed by atoms with Gasteiger partial charge in [0.1, 0.15) is 0 Å². The van der Waals surface area contributed by atoms with Crippen molar-refractivity contribution >= 4 is 0 Å². The van der Waals surface area contributed by atoms with Crippen molar-refractivity contribution in [3.63, 3.8) is 0 Å². The molecule has 90 valence electrons. The number of hydrogen-bond acceptors (Lipinski definition) is 2. The Hall–Kier alpha value is -0.830. The van der Waals surface area contributed by atoms with E-state index in [1.54, 1.807) is 0 Å². The smallest absolute Gasteiger partial charge is 0.0657 e. The lowest BCUT2D eigenvalue weighted by Crippen LogP contribution is -2.20. The van der Waals surface area contributed by atoms with Gasteiger partial charge in [0.05, 0.1) is 5.69 Å². The summed E-state index contributed by atoms with van der Waals surface area (Å²) >= 11 is 0. The van der Waals surface area contributed by atoms with E-state index < -0.39 is 0 Å². The van der Waals surface area contributed by atoms with E-state index in [1.807, 2.05) is 0 Å². The highest BCUT2D eigenvalue weighted by Crippen LogP contribution is 2.19. The number of hydrogen-bond donors (Lipinski definition) is 1. The molecular formula is C13H23N3. The fourth-order valence-corrected chi connectivity index (χ4v) is 2.37. The highest BCUT2D eigenvalue weighted by atomic mass is 15.3. The summed E-state index contributed by atoms with van der Waals surface area (Å²) in [5.74, 6) is 0. The zero-order chi connectivity index (χ0) is 11.5. The van der Waals surface area contributed by atoms with Crippen molar-refractivity contribution < 1.29 is 0 Å². The Labute approximate surface area is 98.2 Å². The Kier molecular flexibility index (Phi) is 3.64. The van der Waals surface area contributed by atoms with Crippen molar-refractivity contribution in [2.45, 2.75) is 52.0 Å². The van der Waals surface area contributed by atoms with Crippen LogP contribution in [0.4, 0.5) is 0 Å². The molecule has 1 aliphatic rings. The Morgan fingerprint density at radius 1 is 1.31 bits per heavy atom. The number of nitrogens with zero attached hydrogens (tertiary/aromatic N) is 2. The molecule has 1 aromatic rings. The molecule has 0 spiro atoms. The monoisotopic (exact) mass is 221 g/mol. The van der Waals surface area contributed by atoms with Gasteiger partial charge in [-0.25, -0.2) is 0 Å². The Bertz CT molecular complexity index is 350. The van der Waals surface area contributed by atoms with Crippen LogP contribution in [0.2, 0.25) is 0 Å². The number of aromatic nitrogens is 2. The Morgan fingerprint density at radius 2 is 2.06 bits per heavy atom. The maximum Gasteiger partial charge on any atom is 0.0657 e. The zero-order valence-electron chi connectivity index (χ0n) is 10.7. The second kappa shape index (κ2) is 5.00. The molecule has 0 bridgehead atoms. The lowest BCUT2D eigenvalue weighted by molar-refractivity contribution is 0.673. The van der Waals surface area contributed by atoms with Crippen LogP contribution in [-0.4, -0.2) is 22.4 Å². The largest absolute Gasteiger partial charge is 0.314 e. The normalized spacial score (nSPS) is 15.7. The minimum Gasteiger partial charge on any atom is -0.314 e. The zero-order valence-corrected chi connectivity index (χ0v) is 10.7. The molecule has 2 rings (SSSR count). The molecular weight excluding hydrogens is 198 g/mol. The molecule has 1 fully saturated rings. The summed E-state index contributed by atoms with van der Waals surface area (Å²) in [6.45, 7) is 5.52. The van der Waals surface area contributed by atoms with Gasteiger partial charge in [-0.3, -0.25) is 4.68 Å². The van der Waals surface area contributed by atoms with Gasteiger partial charge >= 0.3 is 0 Å². The van der Waals surface area contributed by atoms with Crippen LogP contribution in [0.5, 0.6) is 0 Å². The number of nitrogens with one attached hydrogen (secondary N) is 1. The van der Waals surface area contributed by atoms with E-state index in [-0.39, 0.29) is 0 Å². The average Bonchev–Trinajstić information content (AvgIpc) is 3.04. The van der Waals surface area contributed by atoms with E-state index in [2.05, 4.69) is 36.0 Å². The molecule has 0 atom stereocenters. The second-order valence-electron chi connectivity index (χ2n) is 4.68. The molecule has 0 radical (unpaired) electrons. The molecule has 0 saturated heterocycles. The molecule has 0 unspecified atom stereocenters. The van der Waals surface area contributed by atoms with Gasteiger partial charge in [0, 0.05) is 18.8 Å². The predicted molar refractivity (Wildman–Crippen MR) is 66.7 cm³/mol. The van der Waals surface area contributed by atoms with E-state index in [0.717, 1.165) is 31.8 Å². The van der Waals surface area contributed by atoms with Crippen molar-refractivity contribution in [3.05, 3.63) is 17.0 Å². The standard InChI is InChI=1S/C13H23N3/c1-4-12-11(8-9-14-10-6-7-10)13(5-2)16(3)15-12/h10,14H,4-9H2,1-3H3. The van der Waals surface area contributed by atoms with Crippen LogP contribution >= 0.6 is 0 Å². The molecule has 1 aliphatic carbocycles. The van der Waals surface area contributed by atoms with Crippen LogP contribution in [-0.2, 0) is 26.3 Å². The van der Waals surface area contributed by atoms with Gasteiger partial charge in [0.25, 0.3) is 0 Å². The fraction of sp³-hybridized carbons (Fsp3) is 0.769. The van der Waals surface area contributed by atoms with E-state index >= 15 is 0 Å². The molecule has 3 heteroatoms. The van der Waals surface area contributed by atoms with Crippen molar-refractivity contribution in [1.29, 1.82) is 0 Å². The Morgan fingerprint density at radius 3 is 2.62 bits per heavy atom. The number of aryl methyl sites for hydroxylation is 2. The van der Waals surface area contributed by atoms with Gasteiger partial charge in [-0.1, -0.05) is 13.8 Å². The third-order valence-corrected chi connectivity index (χ3v) is 3.41. The molecule has 1 heterocycles. The molecule has 1 N–H and O–H groups in total. The minimum absolute atomic E-state index is 0.812. The minimum atomic E-state index is 0.812. The molecule has 16 heavy (non-hydrogen) atoms. The maximum absolute atomic E-state index is 4.60. The van der Waals surface area contributed by atoms with E-state index in [1.165, 1.54) is 29.8 Å². The highest BCUT2D eigenvalue weighted by Gasteiger charge is 2.20. The third kappa shape index (κ3) is 2.46.